The second-order valence-electron chi connectivity index (χ2n) is 4.59. The molecular weight excluding hydrogens is 234 g/mol. The van der Waals surface area contributed by atoms with Gasteiger partial charge in [0.15, 0.2) is 0 Å². The first kappa shape index (κ1) is 11.7. The number of ether oxygens (including phenoxy) is 1. The Kier molecular flexibility index (Phi) is 2.92. The quantitative estimate of drug-likeness (QED) is 0.678. The number of aromatic nitrogens is 1. The van der Waals surface area contributed by atoms with Gasteiger partial charge in [0.2, 0.25) is 0 Å². The van der Waals surface area contributed by atoms with E-state index in [1.165, 1.54) is 16.5 Å². The van der Waals surface area contributed by atoms with Gasteiger partial charge in [0.05, 0.1) is 12.6 Å². The number of pyridine rings is 1. The zero-order chi connectivity index (χ0) is 13.2. The second kappa shape index (κ2) is 4.73. The van der Waals surface area contributed by atoms with Crippen LogP contribution in [0.2, 0.25) is 0 Å². The summed E-state index contributed by atoms with van der Waals surface area (Å²) >= 11 is 0. The fraction of sp³-hybridized carbons (Fsp3) is 0.118. The number of rotatable bonds is 2. The summed E-state index contributed by atoms with van der Waals surface area (Å²) in [6.07, 6.45) is 0. The highest BCUT2D eigenvalue weighted by molar-refractivity contribution is 5.84. The smallest absolute Gasteiger partial charge is 0.118 e. The second-order valence-corrected chi connectivity index (χ2v) is 4.59. The molecule has 3 rings (SSSR count). The molecule has 0 bridgehead atoms. The predicted octanol–water partition coefficient (Wildman–Crippen LogP) is 4.22. The van der Waals surface area contributed by atoms with E-state index in [9.17, 15) is 0 Å². The summed E-state index contributed by atoms with van der Waals surface area (Å²) in [4.78, 5) is 4.52. The summed E-state index contributed by atoms with van der Waals surface area (Å²) < 4.78 is 5.18. The van der Waals surface area contributed by atoms with Crippen LogP contribution >= 0.6 is 0 Å². The minimum Gasteiger partial charge on any atom is -0.497 e. The van der Waals surface area contributed by atoms with E-state index in [0.717, 1.165) is 17.0 Å². The molecule has 0 aliphatic carbocycles. The molecule has 3 aromatic rings. The normalized spacial score (nSPS) is 10.6. The molecule has 0 saturated heterocycles. The molecule has 0 unspecified atom stereocenters. The minimum atomic E-state index is 0.877. The maximum absolute atomic E-state index is 5.18. The van der Waals surface area contributed by atoms with Crippen LogP contribution in [0.4, 0.5) is 0 Å². The number of nitrogens with zero attached hydrogens (tertiary/aromatic N) is 1. The Morgan fingerprint density at radius 2 is 1.58 bits per heavy atom. The fourth-order valence-corrected chi connectivity index (χ4v) is 2.19. The lowest BCUT2D eigenvalue weighted by Crippen LogP contribution is -1.85. The molecule has 19 heavy (non-hydrogen) atoms. The average molecular weight is 249 g/mol. The standard InChI is InChI=1S/C17H15NO/c1-12-3-4-15-11-14(7-10-17(15)18-12)13-5-8-16(19-2)9-6-13/h3-11H,1-2H3. The van der Waals surface area contributed by atoms with Gasteiger partial charge < -0.3 is 4.74 Å². The Morgan fingerprint density at radius 3 is 2.32 bits per heavy atom. The molecule has 0 N–H and O–H groups in total. The molecule has 0 spiro atoms. The predicted molar refractivity (Wildman–Crippen MR) is 78.5 cm³/mol. The summed E-state index contributed by atoms with van der Waals surface area (Å²) in [5.74, 6) is 0.877. The van der Waals surface area contributed by atoms with Crippen molar-refractivity contribution in [1.82, 2.24) is 4.98 Å². The lowest BCUT2D eigenvalue weighted by Gasteiger charge is -2.06. The van der Waals surface area contributed by atoms with Crippen LogP contribution in [-0.2, 0) is 0 Å². The van der Waals surface area contributed by atoms with E-state index in [2.05, 4.69) is 41.4 Å². The molecular formula is C17H15NO. The summed E-state index contributed by atoms with van der Waals surface area (Å²) in [6.45, 7) is 2.01. The van der Waals surface area contributed by atoms with Crippen molar-refractivity contribution in [3.63, 3.8) is 0 Å². The van der Waals surface area contributed by atoms with Crippen LogP contribution in [0.15, 0.2) is 54.6 Å². The van der Waals surface area contributed by atoms with Gasteiger partial charge in [-0.3, -0.25) is 4.98 Å². The van der Waals surface area contributed by atoms with Gasteiger partial charge in [-0.2, -0.15) is 0 Å². The minimum absolute atomic E-state index is 0.877. The zero-order valence-electron chi connectivity index (χ0n) is 11.1. The van der Waals surface area contributed by atoms with E-state index >= 15 is 0 Å². The number of aryl methyl sites for hydroxylation is 1. The third kappa shape index (κ3) is 2.29. The molecule has 0 fully saturated rings. The van der Waals surface area contributed by atoms with Gasteiger partial charge in [0.1, 0.15) is 5.75 Å². The van der Waals surface area contributed by atoms with Crippen LogP contribution in [0.25, 0.3) is 22.0 Å². The van der Waals surface area contributed by atoms with Gasteiger partial charge in [-0.25, -0.2) is 0 Å². The fourth-order valence-electron chi connectivity index (χ4n) is 2.19. The topological polar surface area (TPSA) is 22.1 Å². The van der Waals surface area contributed by atoms with Crippen molar-refractivity contribution in [3.05, 3.63) is 60.3 Å². The number of hydrogen-bond donors (Lipinski definition) is 0. The first-order valence-corrected chi connectivity index (χ1v) is 6.28. The van der Waals surface area contributed by atoms with Crippen LogP contribution in [0.3, 0.4) is 0 Å². The van der Waals surface area contributed by atoms with Crippen LogP contribution in [0.1, 0.15) is 5.69 Å². The van der Waals surface area contributed by atoms with Crippen LogP contribution in [-0.4, -0.2) is 12.1 Å². The van der Waals surface area contributed by atoms with Gasteiger partial charge >= 0.3 is 0 Å². The molecule has 1 heterocycles. The van der Waals surface area contributed by atoms with E-state index in [1.807, 2.05) is 25.1 Å². The molecule has 2 aromatic carbocycles. The first-order valence-electron chi connectivity index (χ1n) is 6.28. The summed E-state index contributed by atoms with van der Waals surface area (Å²) in [5.41, 5.74) is 4.46. The number of methoxy groups -OCH3 is 1. The average Bonchev–Trinajstić information content (AvgIpc) is 2.47. The molecule has 0 amide bonds. The maximum atomic E-state index is 5.18. The third-order valence-corrected chi connectivity index (χ3v) is 3.25. The van der Waals surface area contributed by atoms with Crippen molar-refractivity contribution < 1.29 is 4.74 Å². The highest BCUT2D eigenvalue weighted by Gasteiger charge is 2.01. The molecule has 0 aliphatic heterocycles. The van der Waals surface area contributed by atoms with Crippen molar-refractivity contribution in [2.75, 3.05) is 7.11 Å². The monoisotopic (exact) mass is 249 g/mol. The highest BCUT2D eigenvalue weighted by atomic mass is 16.5. The van der Waals surface area contributed by atoms with Crippen LogP contribution in [0, 0.1) is 6.92 Å². The molecule has 94 valence electrons. The number of hydrogen-bond acceptors (Lipinski definition) is 2. The SMILES string of the molecule is COc1ccc(-c2ccc3nc(C)ccc3c2)cc1. The molecule has 2 heteroatoms. The van der Waals surface area contributed by atoms with Gasteiger partial charge in [0.25, 0.3) is 0 Å². The lowest BCUT2D eigenvalue weighted by atomic mass is 10.0. The first-order chi connectivity index (χ1) is 9.26. The van der Waals surface area contributed by atoms with Gasteiger partial charge in [-0.15, -0.1) is 0 Å². The number of fused-ring (bicyclic) bond motifs is 1. The molecule has 0 radical (unpaired) electrons. The van der Waals surface area contributed by atoms with Crippen molar-refractivity contribution in [1.29, 1.82) is 0 Å². The van der Waals surface area contributed by atoms with Crippen molar-refractivity contribution in [2.24, 2.45) is 0 Å². The van der Waals surface area contributed by atoms with E-state index < -0.39 is 0 Å². The Labute approximate surface area is 112 Å². The van der Waals surface area contributed by atoms with Gasteiger partial charge in [0, 0.05) is 11.1 Å². The van der Waals surface area contributed by atoms with E-state index in [0.29, 0.717) is 0 Å². The molecule has 0 aliphatic rings. The van der Waals surface area contributed by atoms with Crippen molar-refractivity contribution in [3.8, 4) is 16.9 Å². The van der Waals surface area contributed by atoms with E-state index in [-0.39, 0.29) is 0 Å². The molecule has 0 saturated carbocycles. The van der Waals surface area contributed by atoms with Gasteiger partial charge in [-0.05, 0) is 48.4 Å². The van der Waals surface area contributed by atoms with Crippen molar-refractivity contribution >= 4 is 10.9 Å². The van der Waals surface area contributed by atoms with Crippen molar-refractivity contribution in [2.45, 2.75) is 6.92 Å². The van der Waals surface area contributed by atoms with Crippen LogP contribution in [0.5, 0.6) is 5.75 Å². The highest BCUT2D eigenvalue weighted by Crippen LogP contribution is 2.25. The lowest BCUT2D eigenvalue weighted by molar-refractivity contribution is 0.415. The summed E-state index contributed by atoms with van der Waals surface area (Å²) in [6, 6.07) is 18.6. The Hall–Kier alpha value is -2.35. The summed E-state index contributed by atoms with van der Waals surface area (Å²) in [5, 5.41) is 1.17. The van der Waals surface area contributed by atoms with E-state index in [1.54, 1.807) is 7.11 Å². The Morgan fingerprint density at radius 1 is 0.842 bits per heavy atom. The Balaban J connectivity index is 2.06. The summed E-state index contributed by atoms with van der Waals surface area (Å²) in [7, 11) is 1.68. The third-order valence-electron chi connectivity index (χ3n) is 3.25. The molecule has 1 aromatic heterocycles. The molecule has 0 atom stereocenters. The van der Waals surface area contributed by atoms with Crippen LogP contribution < -0.4 is 4.74 Å². The maximum Gasteiger partial charge on any atom is 0.118 e. The number of benzene rings is 2. The Bertz CT molecular complexity index is 717. The largest absolute Gasteiger partial charge is 0.497 e. The van der Waals surface area contributed by atoms with E-state index in [4.69, 9.17) is 4.74 Å². The zero-order valence-corrected chi connectivity index (χ0v) is 11.1. The molecule has 2 nitrogen and oxygen atoms in total. The van der Waals surface area contributed by atoms with Gasteiger partial charge in [-0.1, -0.05) is 24.3 Å².